The monoisotopic (exact) mass is 225 g/mol. The number of benzene rings is 1. The van der Waals surface area contributed by atoms with Crippen LogP contribution in [-0.2, 0) is 6.42 Å². The van der Waals surface area contributed by atoms with E-state index in [1.165, 1.54) is 11.1 Å². The van der Waals surface area contributed by atoms with Crippen LogP contribution in [0.2, 0.25) is 5.02 Å². The van der Waals surface area contributed by atoms with Crippen LogP contribution in [0.5, 0.6) is 0 Å². The van der Waals surface area contributed by atoms with Crippen molar-refractivity contribution >= 4 is 11.6 Å². The van der Waals surface area contributed by atoms with E-state index in [1.807, 2.05) is 6.07 Å². The average molecular weight is 226 g/mol. The second-order valence-electron chi connectivity index (χ2n) is 4.44. The van der Waals surface area contributed by atoms with Crippen LogP contribution in [0.15, 0.2) is 18.2 Å². The lowest BCUT2D eigenvalue weighted by Crippen LogP contribution is -2.22. The topological polar surface area (TPSA) is 12.0 Å². The van der Waals surface area contributed by atoms with Crippen LogP contribution in [0.4, 0.5) is 0 Å². The van der Waals surface area contributed by atoms with Crippen molar-refractivity contribution in [2.45, 2.75) is 27.2 Å². The highest BCUT2D eigenvalue weighted by Gasteiger charge is 2.00. The Hall–Kier alpha value is -0.530. The van der Waals surface area contributed by atoms with Gasteiger partial charge < -0.3 is 5.32 Å². The molecule has 0 fully saturated rings. The molecular weight excluding hydrogens is 206 g/mol. The first kappa shape index (κ1) is 12.5. The Morgan fingerprint density at radius 1 is 1.33 bits per heavy atom. The zero-order valence-corrected chi connectivity index (χ0v) is 10.6. The van der Waals surface area contributed by atoms with Gasteiger partial charge in [-0.2, -0.15) is 0 Å². The largest absolute Gasteiger partial charge is 0.316 e. The minimum absolute atomic E-state index is 0.707. The fourth-order valence-electron chi connectivity index (χ4n) is 1.47. The third-order valence-corrected chi connectivity index (χ3v) is 2.68. The molecule has 0 saturated carbocycles. The SMILES string of the molecule is Cc1ccc(CCNCC(C)C)c(Cl)c1. The number of hydrogen-bond acceptors (Lipinski definition) is 1. The average Bonchev–Trinajstić information content (AvgIpc) is 2.14. The van der Waals surface area contributed by atoms with Gasteiger partial charge >= 0.3 is 0 Å². The predicted octanol–water partition coefficient (Wildman–Crippen LogP) is 3.44. The van der Waals surface area contributed by atoms with Gasteiger partial charge in [-0.3, -0.25) is 0 Å². The highest BCUT2D eigenvalue weighted by atomic mass is 35.5. The molecule has 0 aromatic heterocycles. The van der Waals surface area contributed by atoms with Gasteiger partial charge in [-0.1, -0.05) is 37.6 Å². The van der Waals surface area contributed by atoms with Gasteiger partial charge in [0.1, 0.15) is 0 Å². The molecule has 1 aromatic rings. The van der Waals surface area contributed by atoms with Gasteiger partial charge in [-0.05, 0) is 49.5 Å². The van der Waals surface area contributed by atoms with Crippen molar-refractivity contribution in [3.05, 3.63) is 34.3 Å². The number of hydrogen-bond donors (Lipinski definition) is 1. The number of halogens is 1. The lowest BCUT2D eigenvalue weighted by atomic mass is 10.1. The van der Waals surface area contributed by atoms with Crippen LogP contribution in [-0.4, -0.2) is 13.1 Å². The first-order chi connectivity index (χ1) is 7.09. The van der Waals surface area contributed by atoms with E-state index in [0.29, 0.717) is 5.92 Å². The zero-order valence-electron chi connectivity index (χ0n) is 9.81. The Labute approximate surface area is 97.8 Å². The maximum Gasteiger partial charge on any atom is 0.0441 e. The van der Waals surface area contributed by atoms with Crippen LogP contribution < -0.4 is 5.32 Å². The number of aryl methyl sites for hydroxylation is 1. The summed E-state index contributed by atoms with van der Waals surface area (Å²) in [6.07, 6.45) is 1.01. The van der Waals surface area contributed by atoms with Gasteiger partial charge in [-0.15, -0.1) is 0 Å². The molecule has 0 radical (unpaired) electrons. The van der Waals surface area contributed by atoms with Gasteiger partial charge in [0, 0.05) is 5.02 Å². The normalized spacial score (nSPS) is 11.0. The van der Waals surface area contributed by atoms with Gasteiger partial charge in [-0.25, -0.2) is 0 Å². The molecule has 84 valence electrons. The number of nitrogens with one attached hydrogen (secondary N) is 1. The van der Waals surface area contributed by atoms with Crippen molar-refractivity contribution < 1.29 is 0 Å². The molecule has 0 bridgehead atoms. The van der Waals surface area contributed by atoms with Gasteiger partial charge in [0.05, 0.1) is 0 Å². The molecule has 0 aliphatic heterocycles. The van der Waals surface area contributed by atoms with Crippen molar-refractivity contribution in [3.63, 3.8) is 0 Å². The second-order valence-corrected chi connectivity index (χ2v) is 4.85. The molecule has 2 heteroatoms. The summed E-state index contributed by atoms with van der Waals surface area (Å²) < 4.78 is 0. The molecule has 0 aliphatic rings. The lowest BCUT2D eigenvalue weighted by molar-refractivity contribution is 0.554. The minimum Gasteiger partial charge on any atom is -0.316 e. The van der Waals surface area contributed by atoms with E-state index in [1.54, 1.807) is 0 Å². The summed E-state index contributed by atoms with van der Waals surface area (Å²) in [4.78, 5) is 0. The van der Waals surface area contributed by atoms with Crippen LogP contribution in [0.25, 0.3) is 0 Å². The first-order valence-corrected chi connectivity index (χ1v) is 5.93. The highest BCUT2D eigenvalue weighted by Crippen LogP contribution is 2.17. The highest BCUT2D eigenvalue weighted by molar-refractivity contribution is 6.31. The zero-order chi connectivity index (χ0) is 11.3. The van der Waals surface area contributed by atoms with E-state index >= 15 is 0 Å². The molecule has 1 N–H and O–H groups in total. The smallest absolute Gasteiger partial charge is 0.0441 e. The van der Waals surface area contributed by atoms with E-state index in [2.05, 4.69) is 38.2 Å². The van der Waals surface area contributed by atoms with Crippen molar-refractivity contribution in [3.8, 4) is 0 Å². The van der Waals surface area contributed by atoms with Crippen LogP contribution in [0.3, 0.4) is 0 Å². The van der Waals surface area contributed by atoms with E-state index in [0.717, 1.165) is 24.5 Å². The molecule has 0 atom stereocenters. The summed E-state index contributed by atoms with van der Waals surface area (Å²) in [5.41, 5.74) is 2.46. The fourth-order valence-corrected chi connectivity index (χ4v) is 1.80. The van der Waals surface area contributed by atoms with Gasteiger partial charge in [0.15, 0.2) is 0 Å². The molecule has 1 nitrogen and oxygen atoms in total. The molecular formula is C13H20ClN. The van der Waals surface area contributed by atoms with E-state index in [9.17, 15) is 0 Å². The second kappa shape index (κ2) is 6.14. The predicted molar refractivity (Wildman–Crippen MR) is 67.6 cm³/mol. The Kier molecular flexibility index (Phi) is 5.13. The number of rotatable bonds is 5. The van der Waals surface area contributed by atoms with Gasteiger partial charge in [0.2, 0.25) is 0 Å². The third kappa shape index (κ3) is 4.67. The molecule has 0 amide bonds. The lowest BCUT2D eigenvalue weighted by Gasteiger charge is -2.08. The molecule has 0 saturated heterocycles. The molecule has 1 aromatic carbocycles. The Bertz CT molecular complexity index is 307. The molecule has 0 spiro atoms. The van der Waals surface area contributed by atoms with E-state index in [4.69, 9.17) is 11.6 Å². The van der Waals surface area contributed by atoms with Gasteiger partial charge in [0.25, 0.3) is 0 Å². The summed E-state index contributed by atoms with van der Waals surface area (Å²) in [5.74, 6) is 0.707. The Morgan fingerprint density at radius 3 is 2.67 bits per heavy atom. The van der Waals surface area contributed by atoms with Crippen LogP contribution in [0.1, 0.15) is 25.0 Å². The van der Waals surface area contributed by atoms with Crippen molar-refractivity contribution in [1.29, 1.82) is 0 Å². The van der Waals surface area contributed by atoms with E-state index in [-0.39, 0.29) is 0 Å². The maximum absolute atomic E-state index is 6.14. The maximum atomic E-state index is 6.14. The fraction of sp³-hybridized carbons (Fsp3) is 0.538. The van der Waals surface area contributed by atoms with Crippen LogP contribution in [0, 0.1) is 12.8 Å². The summed E-state index contributed by atoms with van der Waals surface area (Å²) >= 11 is 6.14. The summed E-state index contributed by atoms with van der Waals surface area (Å²) in [6, 6.07) is 6.26. The Balaban J connectivity index is 2.37. The first-order valence-electron chi connectivity index (χ1n) is 5.55. The van der Waals surface area contributed by atoms with E-state index < -0.39 is 0 Å². The molecule has 0 aliphatic carbocycles. The summed E-state index contributed by atoms with van der Waals surface area (Å²) in [6.45, 7) is 8.56. The molecule has 0 unspecified atom stereocenters. The summed E-state index contributed by atoms with van der Waals surface area (Å²) in [7, 11) is 0. The minimum atomic E-state index is 0.707. The third-order valence-electron chi connectivity index (χ3n) is 2.33. The Morgan fingerprint density at radius 2 is 2.07 bits per heavy atom. The molecule has 15 heavy (non-hydrogen) atoms. The van der Waals surface area contributed by atoms with Crippen molar-refractivity contribution in [1.82, 2.24) is 5.32 Å². The molecule has 1 rings (SSSR count). The van der Waals surface area contributed by atoms with Crippen LogP contribution >= 0.6 is 11.6 Å². The quantitative estimate of drug-likeness (QED) is 0.758. The van der Waals surface area contributed by atoms with Crippen molar-refractivity contribution in [2.75, 3.05) is 13.1 Å². The van der Waals surface area contributed by atoms with Crippen molar-refractivity contribution in [2.24, 2.45) is 5.92 Å². The standard InChI is InChI=1S/C13H20ClN/c1-10(2)9-15-7-6-12-5-4-11(3)8-13(12)14/h4-5,8,10,15H,6-7,9H2,1-3H3. The summed E-state index contributed by atoms with van der Waals surface area (Å²) in [5, 5.41) is 4.31. The molecule has 0 heterocycles.